The number of imidazole rings is 1. The van der Waals surface area contributed by atoms with E-state index in [2.05, 4.69) is 29.6 Å². The van der Waals surface area contributed by atoms with Gasteiger partial charge in [-0.25, -0.2) is 4.98 Å². The van der Waals surface area contributed by atoms with Crippen molar-refractivity contribution >= 4 is 13.4 Å². The van der Waals surface area contributed by atoms with Crippen molar-refractivity contribution < 1.29 is 4.74 Å². The maximum Gasteiger partial charge on any atom is 0.166 e. The molecule has 0 amide bonds. The van der Waals surface area contributed by atoms with Crippen LogP contribution in [0.15, 0.2) is 6.20 Å². The molecule has 1 aromatic heterocycles. The van der Waals surface area contributed by atoms with Gasteiger partial charge in [0.1, 0.15) is 12.4 Å². The molecule has 4 heteroatoms. The molecule has 0 saturated heterocycles. The maximum atomic E-state index is 5.50. The van der Waals surface area contributed by atoms with Crippen molar-refractivity contribution in [3.8, 4) is 0 Å². The fourth-order valence-electron chi connectivity index (χ4n) is 1.82. The van der Waals surface area contributed by atoms with Crippen LogP contribution in [0.5, 0.6) is 0 Å². The molecule has 2 heterocycles. The van der Waals surface area contributed by atoms with Crippen LogP contribution in [-0.4, -0.2) is 24.0 Å². The first-order chi connectivity index (χ1) is 6.18. The summed E-state index contributed by atoms with van der Waals surface area (Å²) in [5.41, 5.74) is 1.09. The van der Waals surface area contributed by atoms with Crippen molar-refractivity contribution in [1.82, 2.24) is 9.55 Å². The third kappa shape index (κ3) is 1.50. The van der Waals surface area contributed by atoms with Gasteiger partial charge < -0.3 is 9.30 Å². The van der Waals surface area contributed by atoms with Crippen LogP contribution in [0.4, 0.5) is 0 Å². The highest BCUT2D eigenvalue weighted by atomic mass is 16.5. The Bertz CT molecular complexity index is 309. The maximum absolute atomic E-state index is 5.50. The molecule has 0 fully saturated rings. The molecule has 1 aliphatic rings. The molecule has 13 heavy (non-hydrogen) atoms. The zero-order valence-corrected chi connectivity index (χ0v) is 8.45. The normalized spacial score (nSPS) is 21.9. The van der Waals surface area contributed by atoms with Crippen LogP contribution in [0, 0.1) is 5.92 Å². The smallest absolute Gasteiger partial charge is 0.166 e. The fourth-order valence-corrected chi connectivity index (χ4v) is 1.82. The van der Waals surface area contributed by atoms with Crippen LogP contribution < -0.4 is 5.59 Å². The van der Waals surface area contributed by atoms with Gasteiger partial charge >= 0.3 is 0 Å². The summed E-state index contributed by atoms with van der Waals surface area (Å²) in [4.78, 5) is 4.42. The molecule has 1 aromatic rings. The highest BCUT2D eigenvalue weighted by Gasteiger charge is 2.23. The van der Waals surface area contributed by atoms with Crippen LogP contribution in [0.2, 0.25) is 0 Å². The van der Waals surface area contributed by atoms with Gasteiger partial charge in [-0.15, -0.1) is 0 Å². The highest BCUT2D eigenvalue weighted by Crippen LogP contribution is 2.23. The minimum absolute atomic E-state index is 0.463. The van der Waals surface area contributed by atoms with E-state index in [0.29, 0.717) is 18.6 Å². The third-order valence-electron chi connectivity index (χ3n) is 2.58. The van der Waals surface area contributed by atoms with Gasteiger partial charge in [0.15, 0.2) is 7.85 Å². The lowest BCUT2D eigenvalue weighted by atomic mass is 10.0. The van der Waals surface area contributed by atoms with Crippen molar-refractivity contribution in [2.75, 3.05) is 6.61 Å². The van der Waals surface area contributed by atoms with Gasteiger partial charge in [0, 0.05) is 11.8 Å². The van der Waals surface area contributed by atoms with E-state index in [4.69, 9.17) is 4.74 Å². The van der Waals surface area contributed by atoms with Crippen LogP contribution in [-0.2, 0) is 11.3 Å². The largest absolute Gasteiger partial charge is 0.371 e. The Morgan fingerprint density at radius 1 is 1.69 bits per heavy atom. The molecule has 0 radical (unpaired) electrons. The first-order valence-electron chi connectivity index (χ1n) is 4.80. The number of rotatable bonds is 1. The second-order valence-electron chi connectivity index (χ2n) is 4.03. The Morgan fingerprint density at radius 2 is 2.46 bits per heavy atom. The zero-order valence-electron chi connectivity index (χ0n) is 8.45. The van der Waals surface area contributed by atoms with Crippen LogP contribution in [0.25, 0.3) is 0 Å². The molecule has 3 nitrogen and oxygen atoms in total. The summed E-state index contributed by atoms with van der Waals surface area (Å²) < 4.78 is 7.77. The Kier molecular flexibility index (Phi) is 2.16. The van der Waals surface area contributed by atoms with Crippen molar-refractivity contribution in [2.24, 2.45) is 5.92 Å². The molecule has 0 spiro atoms. The topological polar surface area (TPSA) is 27.1 Å². The number of aromatic nitrogens is 2. The van der Waals surface area contributed by atoms with E-state index in [0.717, 1.165) is 18.0 Å². The number of hydrogen-bond acceptors (Lipinski definition) is 2. The van der Waals surface area contributed by atoms with Gasteiger partial charge in [0.2, 0.25) is 0 Å². The summed E-state index contributed by atoms with van der Waals surface area (Å²) in [5.74, 6) is 1.68. The fraction of sp³-hybridized carbons (Fsp3) is 0.667. The van der Waals surface area contributed by atoms with E-state index in [9.17, 15) is 0 Å². The summed E-state index contributed by atoms with van der Waals surface area (Å²) in [6.07, 6.45) is 2.13. The Hall–Kier alpha value is -0.765. The lowest BCUT2D eigenvalue weighted by molar-refractivity contribution is 0.0397. The van der Waals surface area contributed by atoms with E-state index < -0.39 is 0 Å². The van der Waals surface area contributed by atoms with Gasteiger partial charge in [-0.1, -0.05) is 13.8 Å². The Balaban J connectivity index is 2.36. The molecule has 1 aliphatic heterocycles. The third-order valence-corrected chi connectivity index (χ3v) is 2.58. The van der Waals surface area contributed by atoms with Gasteiger partial charge in [0.05, 0.1) is 12.6 Å². The monoisotopic (exact) mass is 178 g/mol. The van der Waals surface area contributed by atoms with Gasteiger partial charge in [0.25, 0.3) is 0 Å². The molecule has 0 bridgehead atoms. The average molecular weight is 178 g/mol. The second-order valence-corrected chi connectivity index (χ2v) is 4.03. The van der Waals surface area contributed by atoms with Gasteiger partial charge in [-0.3, -0.25) is 0 Å². The minimum Gasteiger partial charge on any atom is -0.371 e. The van der Waals surface area contributed by atoms with Gasteiger partial charge in [-0.05, 0) is 5.92 Å². The number of nitrogens with zero attached hydrogens (tertiary/aromatic N) is 2. The predicted molar refractivity (Wildman–Crippen MR) is 53.9 cm³/mol. The minimum atomic E-state index is 0.463. The van der Waals surface area contributed by atoms with Crippen molar-refractivity contribution in [1.29, 1.82) is 0 Å². The average Bonchev–Trinajstić information content (AvgIpc) is 2.43. The van der Waals surface area contributed by atoms with Crippen molar-refractivity contribution in [2.45, 2.75) is 26.5 Å². The second kappa shape index (κ2) is 3.18. The molecule has 1 unspecified atom stereocenters. The molecule has 0 saturated carbocycles. The summed E-state index contributed by atoms with van der Waals surface area (Å²) in [6, 6.07) is 0.463. The number of hydrogen-bond donors (Lipinski definition) is 0. The molecule has 2 rings (SSSR count). The molecule has 0 aliphatic carbocycles. The number of fused-ring (bicyclic) bond motifs is 1. The molecular formula is C9H15BN2O. The van der Waals surface area contributed by atoms with Crippen molar-refractivity contribution in [3.05, 3.63) is 12.0 Å². The lowest BCUT2D eigenvalue weighted by Crippen LogP contribution is -2.27. The van der Waals surface area contributed by atoms with E-state index in [1.807, 2.05) is 7.85 Å². The Morgan fingerprint density at radius 3 is 3.15 bits per heavy atom. The first-order valence-corrected chi connectivity index (χ1v) is 4.80. The summed E-state index contributed by atoms with van der Waals surface area (Å²) in [7, 11) is 2.03. The quantitative estimate of drug-likeness (QED) is 0.560. The Labute approximate surface area is 79.5 Å². The zero-order chi connectivity index (χ0) is 9.42. The van der Waals surface area contributed by atoms with E-state index in [-0.39, 0.29) is 0 Å². The summed E-state index contributed by atoms with van der Waals surface area (Å²) in [5, 5.41) is 0. The molecule has 70 valence electrons. The van der Waals surface area contributed by atoms with Crippen molar-refractivity contribution in [3.63, 3.8) is 0 Å². The van der Waals surface area contributed by atoms with Crippen LogP contribution in [0.1, 0.15) is 25.7 Å². The standard InChI is InChI=1S/C9H15BN2O/c1-6(2)7-4-13-5-9-11-8(10)3-12(7)9/h3,6-7H,4-5,10H2,1-2H3. The summed E-state index contributed by atoms with van der Waals surface area (Å²) >= 11 is 0. The van der Waals surface area contributed by atoms with E-state index in [1.165, 1.54) is 0 Å². The predicted octanol–water partition coefficient (Wildman–Crippen LogP) is -0.131. The SMILES string of the molecule is Bc1cn2c(n1)COCC2C(C)C. The van der Waals surface area contributed by atoms with Gasteiger partial charge in [-0.2, -0.15) is 0 Å². The lowest BCUT2D eigenvalue weighted by Gasteiger charge is -2.28. The van der Waals surface area contributed by atoms with E-state index >= 15 is 0 Å². The molecule has 0 aromatic carbocycles. The van der Waals surface area contributed by atoms with Crippen LogP contribution >= 0.6 is 0 Å². The molecular weight excluding hydrogens is 163 g/mol. The highest BCUT2D eigenvalue weighted by molar-refractivity contribution is 6.30. The van der Waals surface area contributed by atoms with E-state index in [1.54, 1.807) is 0 Å². The molecule has 0 N–H and O–H groups in total. The number of ether oxygens (including phenoxy) is 1. The van der Waals surface area contributed by atoms with Crippen LogP contribution in [0.3, 0.4) is 0 Å². The summed E-state index contributed by atoms with van der Waals surface area (Å²) in [6.45, 7) is 5.93. The molecule has 1 atom stereocenters. The first kappa shape index (κ1) is 8.82.